The summed E-state index contributed by atoms with van der Waals surface area (Å²) in [4.78, 5) is 19.5. The van der Waals surface area contributed by atoms with Crippen molar-refractivity contribution in [2.45, 2.75) is 32.5 Å². The van der Waals surface area contributed by atoms with Crippen LogP contribution in [0.25, 0.3) is 16.3 Å². The predicted octanol–water partition coefficient (Wildman–Crippen LogP) is 4.90. The second-order valence-corrected chi connectivity index (χ2v) is 7.72. The maximum absolute atomic E-state index is 12.8. The van der Waals surface area contributed by atoms with Crippen LogP contribution < -0.4 is 5.56 Å². The van der Waals surface area contributed by atoms with Crippen LogP contribution in [0.3, 0.4) is 0 Å². The molecular formula is C19H20N2OS2. The number of thiophene rings is 1. The summed E-state index contributed by atoms with van der Waals surface area (Å²) in [6.45, 7) is 6.69. The molecule has 0 N–H and O–H groups in total. The average molecular weight is 357 g/mol. The Balaban J connectivity index is 1.86. The van der Waals surface area contributed by atoms with Crippen LogP contribution in [0.1, 0.15) is 22.9 Å². The van der Waals surface area contributed by atoms with Gasteiger partial charge in [-0.05, 0) is 31.9 Å². The zero-order valence-corrected chi connectivity index (χ0v) is 15.7. The summed E-state index contributed by atoms with van der Waals surface area (Å²) in [6.07, 6.45) is 4.21. The lowest BCUT2D eigenvalue weighted by Crippen LogP contribution is -2.22. The molecule has 0 atom stereocenters. The fourth-order valence-electron chi connectivity index (χ4n) is 2.57. The first kappa shape index (κ1) is 17.0. The quantitative estimate of drug-likeness (QED) is 0.482. The summed E-state index contributed by atoms with van der Waals surface area (Å²) >= 11 is 3.21. The van der Waals surface area contributed by atoms with Crippen LogP contribution in [-0.2, 0) is 6.54 Å². The van der Waals surface area contributed by atoms with Gasteiger partial charge in [0, 0.05) is 17.2 Å². The first-order valence-electron chi connectivity index (χ1n) is 7.96. The van der Waals surface area contributed by atoms with Crippen LogP contribution in [-0.4, -0.2) is 15.3 Å². The molecule has 0 aliphatic heterocycles. The largest absolute Gasteiger partial charge is 0.287 e. The van der Waals surface area contributed by atoms with Crippen molar-refractivity contribution in [3.8, 4) is 0 Å². The minimum absolute atomic E-state index is 0.0823. The molecule has 2 heterocycles. The molecule has 0 aliphatic carbocycles. The molecule has 0 saturated carbocycles. The van der Waals surface area contributed by atoms with Crippen molar-refractivity contribution < 1.29 is 0 Å². The lowest BCUT2D eigenvalue weighted by molar-refractivity contribution is 0.635. The van der Waals surface area contributed by atoms with Gasteiger partial charge in [-0.25, -0.2) is 4.98 Å². The molecule has 5 heteroatoms. The number of fused-ring (bicyclic) bond motifs is 1. The van der Waals surface area contributed by atoms with E-state index in [-0.39, 0.29) is 5.56 Å². The molecule has 0 aliphatic rings. The molecule has 3 nitrogen and oxygen atoms in total. The van der Waals surface area contributed by atoms with Crippen molar-refractivity contribution in [2.75, 3.05) is 5.75 Å². The monoisotopic (exact) mass is 356 g/mol. The van der Waals surface area contributed by atoms with Gasteiger partial charge in [0.15, 0.2) is 5.16 Å². The van der Waals surface area contributed by atoms with E-state index in [0.29, 0.717) is 6.54 Å². The highest BCUT2D eigenvalue weighted by molar-refractivity contribution is 7.99. The van der Waals surface area contributed by atoms with Crippen LogP contribution in [0.15, 0.2) is 46.4 Å². The third-order valence-electron chi connectivity index (χ3n) is 3.99. The van der Waals surface area contributed by atoms with Gasteiger partial charge in [-0.1, -0.05) is 54.2 Å². The van der Waals surface area contributed by atoms with Crippen LogP contribution in [0.2, 0.25) is 0 Å². The summed E-state index contributed by atoms with van der Waals surface area (Å²) in [5.41, 5.74) is 2.33. The van der Waals surface area contributed by atoms with E-state index in [2.05, 4.69) is 24.3 Å². The van der Waals surface area contributed by atoms with Crippen LogP contribution >= 0.6 is 23.1 Å². The Kier molecular flexibility index (Phi) is 5.21. The average Bonchev–Trinajstić information content (AvgIpc) is 2.87. The fraction of sp³-hybridized carbons (Fsp3) is 0.263. The Labute approximate surface area is 150 Å². The molecule has 124 valence electrons. The number of hydrogen-bond donors (Lipinski definition) is 0. The summed E-state index contributed by atoms with van der Waals surface area (Å²) in [5.74, 6) is 0.788. The molecule has 0 unspecified atom stereocenters. The van der Waals surface area contributed by atoms with Crippen LogP contribution in [0.5, 0.6) is 0 Å². The summed E-state index contributed by atoms with van der Waals surface area (Å²) in [7, 11) is 0. The molecule has 3 aromatic rings. The summed E-state index contributed by atoms with van der Waals surface area (Å²) in [6, 6.07) is 10.2. The predicted molar refractivity (Wildman–Crippen MR) is 105 cm³/mol. The van der Waals surface area contributed by atoms with Gasteiger partial charge in [0.1, 0.15) is 4.83 Å². The summed E-state index contributed by atoms with van der Waals surface area (Å²) in [5, 5.41) is 1.58. The van der Waals surface area contributed by atoms with Crippen molar-refractivity contribution in [2.24, 2.45) is 0 Å². The van der Waals surface area contributed by atoms with Gasteiger partial charge in [0.05, 0.1) is 5.39 Å². The van der Waals surface area contributed by atoms with Crippen molar-refractivity contribution >= 4 is 39.4 Å². The van der Waals surface area contributed by atoms with Crippen molar-refractivity contribution in [1.29, 1.82) is 0 Å². The number of aryl methyl sites for hydroxylation is 2. The smallest absolute Gasteiger partial charge is 0.263 e. The lowest BCUT2D eigenvalue weighted by atomic mass is 10.2. The Morgan fingerprint density at radius 1 is 1.25 bits per heavy atom. The first-order chi connectivity index (χ1) is 11.6. The second-order valence-electron chi connectivity index (χ2n) is 5.53. The molecule has 0 bridgehead atoms. The molecule has 3 rings (SSSR count). The van der Waals surface area contributed by atoms with Crippen molar-refractivity contribution in [1.82, 2.24) is 9.55 Å². The minimum Gasteiger partial charge on any atom is -0.287 e. The van der Waals surface area contributed by atoms with E-state index >= 15 is 0 Å². The number of nitrogens with zero attached hydrogens (tertiary/aromatic N) is 2. The maximum Gasteiger partial charge on any atom is 0.263 e. The van der Waals surface area contributed by atoms with Gasteiger partial charge in [0.25, 0.3) is 5.56 Å². The normalized spacial score (nSPS) is 11.6. The number of thioether (sulfide) groups is 1. The van der Waals surface area contributed by atoms with E-state index in [0.717, 1.165) is 26.7 Å². The number of rotatable bonds is 5. The zero-order chi connectivity index (χ0) is 17.1. The van der Waals surface area contributed by atoms with Gasteiger partial charge >= 0.3 is 0 Å². The number of aromatic nitrogens is 2. The Hall–Kier alpha value is -1.85. The van der Waals surface area contributed by atoms with Gasteiger partial charge < -0.3 is 0 Å². The molecular weight excluding hydrogens is 336 g/mol. The minimum atomic E-state index is 0.0823. The SMILES string of the molecule is CCn1c(SC/C=C/c2ccccc2)nc2sc(C)c(C)c2c1=O. The van der Waals surface area contributed by atoms with Crippen LogP contribution in [0, 0.1) is 13.8 Å². The van der Waals surface area contributed by atoms with E-state index in [4.69, 9.17) is 4.98 Å². The number of hydrogen-bond acceptors (Lipinski definition) is 4. The zero-order valence-electron chi connectivity index (χ0n) is 14.1. The van der Waals surface area contributed by atoms with Gasteiger partial charge in [-0.15, -0.1) is 11.3 Å². The lowest BCUT2D eigenvalue weighted by Gasteiger charge is -2.08. The third kappa shape index (κ3) is 3.32. The molecule has 24 heavy (non-hydrogen) atoms. The number of benzene rings is 1. The Morgan fingerprint density at radius 3 is 2.71 bits per heavy atom. The van der Waals surface area contributed by atoms with E-state index in [1.54, 1.807) is 27.7 Å². The topological polar surface area (TPSA) is 34.9 Å². The first-order valence-corrected chi connectivity index (χ1v) is 9.77. The molecule has 1 aromatic carbocycles. The van der Waals surface area contributed by atoms with E-state index in [9.17, 15) is 4.79 Å². The molecule has 0 fully saturated rings. The fourth-order valence-corrected chi connectivity index (χ4v) is 4.51. The van der Waals surface area contributed by atoms with E-state index in [1.807, 2.05) is 39.0 Å². The molecule has 2 aromatic heterocycles. The Morgan fingerprint density at radius 2 is 2.00 bits per heavy atom. The van der Waals surface area contributed by atoms with Crippen molar-refractivity contribution in [3.05, 3.63) is 62.8 Å². The molecule has 0 radical (unpaired) electrons. The van der Waals surface area contributed by atoms with Crippen LogP contribution in [0.4, 0.5) is 0 Å². The highest BCUT2D eigenvalue weighted by atomic mass is 32.2. The molecule has 0 saturated heterocycles. The van der Waals surface area contributed by atoms with Gasteiger partial charge in [-0.3, -0.25) is 9.36 Å². The maximum atomic E-state index is 12.8. The molecule has 0 spiro atoms. The third-order valence-corrected chi connectivity index (χ3v) is 6.02. The van der Waals surface area contributed by atoms with Gasteiger partial charge in [0.2, 0.25) is 0 Å². The highest BCUT2D eigenvalue weighted by Gasteiger charge is 2.15. The Bertz CT molecular complexity index is 939. The van der Waals surface area contributed by atoms with Crippen molar-refractivity contribution in [3.63, 3.8) is 0 Å². The molecule has 0 amide bonds. The highest BCUT2D eigenvalue weighted by Crippen LogP contribution is 2.28. The van der Waals surface area contributed by atoms with Gasteiger partial charge in [-0.2, -0.15) is 0 Å². The van der Waals surface area contributed by atoms with E-state index in [1.165, 1.54) is 10.4 Å². The summed E-state index contributed by atoms with van der Waals surface area (Å²) < 4.78 is 1.78. The van der Waals surface area contributed by atoms with E-state index < -0.39 is 0 Å². The standard InChI is InChI=1S/C19H20N2OS2/c1-4-21-18(22)16-13(2)14(3)24-17(16)20-19(21)23-12-8-11-15-9-6-5-7-10-15/h5-11H,4,12H2,1-3H3/b11-8+. The second kappa shape index (κ2) is 7.36.